The molecular formula is C33H49N5O4. The van der Waals surface area contributed by atoms with Crippen molar-refractivity contribution < 1.29 is 19.1 Å². The third-order valence-electron chi connectivity index (χ3n) is 8.11. The van der Waals surface area contributed by atoms with Gasteiger partial charge in [-0.1, -0.05) is 60.7 Å². The smallest absolute Gasteiger partial charge is 0.407 e. The minimum atomic E-state index is -0.415. The number of carbonyl (C=O) groups is 2. The van der Waals surface area contributed by atoms with Gasteiger partial charge in [-0.15, -0.1) is 0 Å². The summed E-state index contributed by atoms with van der Waals surface area (Å²) in [6, 6.07) is 19.2. The maximum absolute atomic E-state index is 13.6. The van der Waals surface area contributed by atoms with Gasteiger partial charge in [0, 0.05) is 52.4 Å². The second kappa shape index (κ2) is 18.5. The molecule has 2 bridgehead atoms. The van der Waals surface area contributed by atoms with Crippen LogP contribution in [-0.4, -0.2) is 105 Å². The Hall–Kier alpha value is -2.98. The molecule has 0 radical (unpaired) electrons. The number of hydrogen-bond donors (Lipinski definition) is 2. The van der Waals surface area contributed by atoms with Crippen LogP contribution in [0.4, 0.5) is 4.79 Å². The third kappa shape index (κ3) is 11.7. The second-order valence-corrected chi connectivity index (χ2v) is 11.3. The van der Waals surface area contributed by atoms with E-state index >= 15 is 0 Å². The average molecular weight is 580 g/mol. The van der Waals surface area contributed by atoms with E-state index in [0.29, 0.717) is 13.0 Å². The second-order valence-electron chi connectivity index (χ2n) is 11.3. The molecule has 1 amide bonds. The van der Waals surface area contributed by atoms with Crippen molar-refractivity contribution in [3.63, 3.8) is 0 Å². The number of nitrogens with zero attached hydrogens (tertiary/aromatic N) is 3. The predicted octanol–water partition coefficient (Wildman–Crippen LogP) is 3.50. The van der Waals surface area contributed by atoms with Crippen molar-refractivity contribution >= 4 is 12.1 Å². The first-order valence-corrected chi connectivity index (χ1v) is 15.7. The molecule has 2 aliphatic rings. The molecule has 2 saturated heterocycles. The summed E-state index contributed by atoms with van der Waals surface area (Å²) in [5.74, 6) is -0.153. The first kappa shape index (κ1) is 31.9. The number of fused-ring (bicyclic) bond motifs is 3. The molecular weight excluding hydrogens is 530 g/mol. The largest absolute Gasteiger partial charge is 0.460 e. The third-order valence-corrected chi connectivity index (χ3v) is 8.11. The lowest BCUT2D eigenvalue weighted by molar-refractivity contribution is -0.152. The Morgan fingerprint density at radius 1 is 0.714 bits per heavy atom. The lowest BCUT2D eigenvalue weighted by atomic mass is 10.1. The van der Waals surface area contributed by atoms with Gasteiger partial charge in [-0.25, -0.2) is 4.79 Å². The van der Waals surface area contributed by atoms with E-state index in [1.165, 1.54) is 0 Å². The number of amides is 1. The Bertz CT molecular complexity index is 1040. The molecule has 2 aliphatic heterocycles. The van der Waals surface area contributed by atoms with E-state index in [-0.39, 0.29) is 25.2 Å². The summed E-state index contributed by atoms with van der Waals surface area (Å²) in [5.41, 5.74) is 1.95. The van der Waals surface area contributed by atoms with Gasteiger partial charge in [0.1, 0.15) is 19.3 Å². The van der Waals surface area contributed by atoms with Gasteiger partial charge in [0.15, 0.2) is 0 Å². The van der Waals surface area contributed by atoms with Gasteiger partial charge in [0.2, 0.25) is 0 Å². The maximum Gasteiger partial charge on any atom is 0.407 e. The lowest BCUT2D eigenvalue weighted by Gasteiger charge is -2.36. The minimum Gasteiger partial charge on any atom is -0.460 e. The van der Waals surface area contributed by atoms with Crippen LogP contribution < -0.4 is 10.6 Å². The molecule has 3 atom stereocenters. The highest BCUT2D eigenvalue weighted by atomic mass is 16.5. The summed E-state index contributed by atoms with van der Waals surface area (Å²) in [4.78, 5) is 33.2. The molecule has 0 saturated carbocycles. The highest BCUT2D eigenvalue weighted by molar-refractivity contribution is 5.75. The van der Waals surface area contributed by atoms with Gasteiger partial charge in [0.25, 0.3) is 0 Å². The zero-order valence-corrected chi connectivity index (χ0v) is 25.1. The number of alkyl carbamates (subject to hydrolysis) is 1. The number of ether oxygens (including phenoxy) is 2. The molecule has 42 heavy (non-hydrogen) atoms. The number of benzene rings is 2. The van der Waals surface area contributed by atoms with E-state index in [0.717, 1.165) is 102 Å². The fourth-order valence-electron chi connectivity index (χ4n) is 5.64. The van der Waals surface area contributed by atoms with Gasteiger partial charge >= 0.3 is 12.1 Å². The molecule has 0 spiro atoms. The van der Waals surface area contributed by atoms with E-state index < -0.39 is 6.09 Å². The van der Waals surface area contributed by atoms with Crippen molar-refractivity contribution in [3.05, 3.63) is 71.8 Å². The predicted molar refractivity (Wildman–Crippen MR) is 165 cm³/mol. The first-order chi connectivity index (χ1) is 20.7. The van der Waals surface area contributed by atoms with Gasteiger partial charge < -0.3 is 29.9 Å². The number of nitrogens with one attached hydrogen (secondary N) is 2. The summed E-state index contributed by atoms with van der Waals surface area (Å²) in [7, 11) is 0. The van der Waals surface area contributed by atoms with Crippen LogP contribution in [0.5, 0.6) is 0 Å². The van der Waals surface area contributed by atoms with Crippen LogP contribution in [0.1, 0.15) is 43.2 Å². The van der Waals surface area contributed by atoms with E-state index in [2.05, 4.69) is 25.3 Å². The van der Waals surface area contributed by atoms with E-state index in [9.17, 15) is 9.59 Å². The van der Waals surface area contributed by atoms with Crippen molar-refractivity contribution in [1.82, 2.24) is 25.3 Å². The first-order valence-electron chi connectivity index (χ1n) is 15.7. The van der Waals surface area contributed by atoms with Crippen LogP contribution in [0, 0.1) is 0 Å². The highest BCUT2D eigenvalue weighted by Gasteiger charge is 2.28. The monoisotopic (exact) mass is 579 g/mol. The van der Waals surface area contributed by atoms with Crippen LogP contribution >= 0.6 is 0 Å². The molecule has 2 aromatic carbocycles. The topological polar surface area (TPSA) is 86.4 Å². The molecule has 0 aromatic heterocycles. The van der Waals surface area contributed by atoms with Crippen LogP contribution in [-0.2, 0) is 27.5 Å². The zero-order chi connectivity index (χ0) is 29.2. The molecule has 9 heteroatoms. The van der Waals surface area contributed by atoms with Crippen molar-refractivity contribution in [1.29, 1.82) is 0 Å². The Morgan fingerprint density at radius 2 is 1.36 bits per heavy atom. The molecule has 4 rings (SSSR count). The number of esters is 1. The lowest BCUT2D eigenvalue weighted by Crippen LogP contribution is -2.50. The number of carbonyl (C=O) groups excluding carboxylic acids is 2. The summed E-state index contributed by atoms with van der Waals surface area (Å²) in [6.07, 6.45) is 4.02. The van der Waals surface area contributed by atoms with Gasteiger partial charge in [0.05, 0.1) is 0 Å². The normalized spacial score (nSPS) is 21.1. The van der Waals surface area contributed by atoms with Crippen LogP contribution in [0.3, 0.4) is 0 Å². The minimum absolute atomic E-state index is 0.153. The van der Waals surface area contributed by atoms with Crippen LogP contribution in [0.25, 0.3) is 0 Å². The molecule has 2 fully saturated rings. The van der Waals surface area contributed by atoms with Gasteiger partial charge in [-0.3, -0.25) is 9.69 Å². The summed E-state index contributed by atoms with van der Waals surface area (Å²) in [6.45, 7) is 11.1. The fourth-order valence-corrected chi connectivity index (χ4v) is 5.64. The Labute approximate surface area is 251 Å². The fraction of sp³-hybridized carbons (Fsp3) is 0.576. The molecule has 2 aromatic rings. The Balaban J connectivity index is 1.31. The van der Waals surface area contributed by atoms with Crippen molar-refractivity contribution in [2.24, 2.45) is 0 Å². The summed E-state index contributed by atoms with van der Waals surface area (Å²) >= 11 is 0. The molecule has 3 unspecified atom stereocenters. The average Bonchev–Trinajstić information content (AvgIpc) is 3.03. The SMILES string of the molecule is O=C(NCCCCC(C(=O)OCc1ccccc1)N1CCCN2CCNCCCN(CC2)CC1)OCc1ccccc1. The van der Waals surface area contributed by atoms with E-state index in [1.807, 2.05) is 60.7 Å². The quantitative estimate of drug-likeness (QED) is 0.309. The zero-order valence-electron chi connectivity index (χ0n) is 25.1. The number of rotatable bonds is 11. The maximum atomic E-state index is 13.6. The highest BCUT2D eigenvalue weighted by Crippen LogP contribution is 2.15. The van der Waals surface area contributed by atoms with Crippen LogP contribution in [0.2, 0.25) is 0 Å². The van der Waals surface area contributed by atoms with Crippen LogP contribution in [0.15, 0.2) is 60.7 Å². The molecule has 2 heterocycles. The molecule has 2 N–H and O–H groups in total. The van der Waals surface area contributed by atoms with E-state index in [1.54, 1.807) is 0 Å². The molecule has 9 nitrogen and oxygen atoms in total. The van der Waals surface area contributed by atoms with Crippen molar-refractivity contribution in [2.75, 3.05) is 72.0 Å². The Morgan fingerprint density at radius 3 is 2.10 bits per heavy atom. The standard InChI is InChI=1S/C33H49N5O4/c39-32(41-27-29-11-3-1-4-12-29)31(15-7-8-17-35-33(40)42-28-30-13-5-2-6-14-30)38-21-10-20-36-22-18-34-16-9-19-37(24-23-36)25-26-38/h1-6,11-14,31,34H,7-10,15-28H2,(H,35,40). The summed E-state index contributed by atoms with van der Waals surface area (Å²) < 4.78 is 11.2. The number of hydrogen-bond acceptors (Lipinski definition) is 8. The number of unbranched alkanes of at least 4 members (excludes halogenated alkanes) is 1. The molecule has 0 aliphatic carbocycles. The van der Waals surface area contributed by atoms with Crippen molar-refractivity contribution in [3.8, 4) is 0 Å². The van der Waals surface area contributed by atoms with Gasteiger partial charge in [-0.2, -0.15) is 0 Å². The van der Waals surface area contributed by atoms with Gasteiger partial charge in [-0.05, 0) is 62.9 Å². The summed E-state index contributed by atoms with van der Waals surface area (Å²) in [5, 5.41) is 6.42. The Kier molecular flexibility index (Phi) is 14.1. The van der Waals surface area contributed by atoms with E-state index in [4.69, 9.17) is 9.47 Å². The van der Waals surface area contributed by atoms with Crippen molar-refractivity contribution in [2.45, 2.75) is 51.4 Å². The molecule has 230 valence electrons.